The zero-order valence-corrected chi connectivity index (χ0v) is 14.0. The molecular weight excluding hydrogens is 347 g/mol. The van der Waals surface area contributed by atoms with Crippen LogP contribution < -0.4 is 4.74 Å². The van der Waals surface area contributed by atoms with E-state index in [1.54, 1.807) is 0 Å². The topological polar surface area (TPSA) is 9.23 Å². The van der Waals surface area contributed by atoms with Gasteiger partial charge in [-0.25, -0.2) is 0 Å². The zero-order chi connectivity index (χ0) is 17.9. The summed E-state index contributed by atoms with van der Waals surface area (Å²) in [6, 6.07) is 10.2. The van der Waals surface area contributed by atoms with Crippen LogP contribution in [-0.4, -0.2) is 0 Å². The molecule has 0 unspecified atom stereocenters. The first-order valence-electron chi connectivity index (χ1n) is 7.53. The molecule has 0 radical (unpaired) electrons. The standard InChI is InChI=1S/C17H19F5OS/c1-2-3-4-14-5-7-15(8-6-14)13-23-16-9-11-17(12-10-16)24(18,19,20,21)22/h5-12H,2-4,13H2,1H3. The number of ether oxygens (including phenoxy) is 1. The lowest BCUT2D eigenvalue weighted by molar-refractivity contribution is 0.305. The number of benzene rings is 2. The number of halogens is 5. The summed E-state index contributed by atoms with van der Waals surface area (Å²) in [6.45, 7) is 2.27. The summed E-state index contributed by atoms with van der Waals surface area (Å²) < 4.78 is 68.4. The maximum absolute atomic E-state index is 12.6. The van der Waals surface area contributed by atoms with E-state index in [9.17, 15) is 19.4 Å². The number of unbranched alkanes of at least 4 members (excludes halogenated alkanes) is 1. The van der Waals surface area contributed by atoms with Crippen molar-refractivity contribution >= 4 is 10.2 Å². The molecular formula is C17H19F5OS. The Balaban J connectivity index is 1.98. The van der Waals surface area contributed by atoms with Gasteiger partial charge in [0.05, 0.1) is 0 Å². The van der Waals surface area contributed by atoms with Crippen molar-refractivity contribution in [3.8, 4) is 5.75 Å². The van der Waals surface area contributed by atoms with Crippen molar-refractivity contribution in [3.63, 3.8) is 0 Å². The zero-order valence-electron chi connectivity index (χ0n) is 13.2. The van der Waals surface area contributed by atoms with Crippen molar-refractivity contribution in [1.29, 1.82) is 0 Å². The van der Waals surface area contributed by atoms with Crippen molar-refractivity contribution in [2.75, 3.05) is 0 Å². The molecule has 0 N–H and O–H groups in total. The minimum atomic E-state index is -9.62. The van der Waals surface area contributed by atoms with Crippen LogP contribution in [0, 0.1) is 0 Å². The third-order valence-corrected chi connectivity index (χ3v) is 4.68. The average molecular weight is 366 g/mol. The highest BCUT2D eigenvalue weighted by atomic mass is 32.5. The van der Waals surface area contributed by atoms with E-state index in [-0.39, 0.29) is 12.4 Å². The van der Waals surface area contributed by atoms with Gasteiger partial charge in [-0.3, -0.25) is 0 Å². The molecule has 0 heterocycles. The predicted octanol–water partition coefficient (Wildman–Crippen LogP) is 7.27. The van der Waals surface area contributed by atoms with Crippen LogP contribution in [0.25, 0.3) is 0 Å². The van der Waals surface area contributed by atoms with E-state index in [2.05, 4.69) is 6.92 Å². The largest absolute Gasteiger partial charge is 0.489 e. The number of hydrogen-bond donors (Lipinski definition) is 0. The molecule has 2 rings (SSSR count). The third-order valence-electron chi connectivity index (χ3n) is 3.52. The molecule has 7 heteroatoms. The highest BCUT2D eigenvalue weighted by molar-refractivity contribution is 8.45. The summed E-state index contributed by atoms with van der Waals surface area (Å²) in [5.74, 6) is 0.107. The van der Waals surface area contributed by atoms with Crippen LogP contribution in [-0.2, 0) is 13.0 Å². The summed E-state index contributed by atoms with van der Waals surface area (Å²) >= 11 is 0. The molecule has 1 nitrogen and oxygen atoms in total. The fourth-order valence-electron chi connectivity index (χ4n) is 2.14. The smallest absolute Gasteiger partial charge is 0.310 e. The van der Waals surface area contributed by atoms with Crippen molar-refractivity contribution in [2.45, 2.75) is 37.7 Å². The van der Waals surface area contributed by atoms with Gasteiger partial charge < -0.3 is 4.74 Å². The van der Waals surface area contributed by atoms with Gasteiger partial charge in [0, 0.05) is 0 Å². The maximum atomic E-state index is 12.6. The van der Waals surface area contributed by atoms with Crippen LogP contribution >= 0.6 is 10.2 Å². The van der Waals surface area contributed by atoms with Gasteiger partial charge in [-0.05, 0) is 48.2 Å². The van der Waals surface area contributed by atoms with Crippen LogP contribution in [0.3, 0.4) is 0 Å². The van der Waals surface area contributed by atoms with E-state index in [1.165, 1.54) is 5.56 Å². The second-order valence-corrected chi connectivity index (χ2v) is 8.06. The Labute approximate surface area is 138 Å². The van der Waals surface area contributed by atoms with E-state index >= 15 is 0 Å². The molecule has 2 aromatic carbocycles. The number of aryl methyl sites for hydroxylation is 1. The fraction of sp³-hybridized carbons (Fsp3) is 0.294. The Morgan fingerprint density at radius 1 is 0.792 bits per heavy atom. The molecule has 0 aliphatic heterocycles. The summed E-state index contributed by atoms with van der Waals surface area (Å²) in [6.07, 6.45) is 3.21. The van der Waals surface area contributed by atoms with E-state index < -0.39 is 15.1 Å². The van der Waals surface area contributed by atoms with Crippen molar-refractivity contribution in [1.82, 2.24) is 0 Å². The average Bonchev–Trinajstić information content (AvgIpc) is 2.50. The molecule has 0 aliphatic carbocycles. The highest BCUT2D eigenvalue weighted by Crippen LogP contribution is 3.02. The first kappa shape index (κ1) is 18.6. The molecule has 0 saturated heterocycles. The van der Waals surface area contributed by atoms with Crippen LogP contribution in [0.5, 0.6) is 5.75 Å². The molecule has 2 aromatic rings. The lowest BCUT2D eigenvalue weighted by atomic mass is 10.1. The van der Waals surface area contributed by atoms with Gasteiger partial charge in [0.2, 0.25) is 0 Å². The maximum Gasteiger partial charge on any atom is 0.310 e. The summed E-state index contributed by atoms with van der Waals surface area (Å²) in [7, 11) is -9.62. The third kappa shape index (κ3) is 5.40. The van der Waals surface area contributed by atoms with Gasteiger partial charge in [-0.2, -0.15) is 0 Å². The van der Waals surface area contributed by atoms with Crippen molar-refractivity contribution in [3.05, 3.63) is 59.7 Å². The Bertz CT molecular complexity index is 678. The summed E-state index contributed by atoms with van der Waals surface area (Å²) in [5.41, 5.74) is 2.06. The molecule has 0 aliphatic rings. The predicted molar refractivity (Wildman–Crippen MR) is 87.2 cm³/mol. The van der Waals surface area contributed by atoms with E-state index in [4.69, 9.17) is 4.74 Å². The number of rotatable bonds is 7. The van der Waals surface area contributed by atoms with E-state index in [1.807, 2.05) is 24.3 Å². The summed E-state index contributed by atoms with van der Waals surface area (Å²) in [4.78, 5) is -1.91. The number of hydrogen-bond acceptors (Lipinski definition) is 1. The van der Waals surface area contributed by atoms with Gasteiger partial charge in [0.1, 0.15) is 17.3 Å². The monoisotopic (exact) mass is 366 g/mol. The van der Waals surface area contributed by atoms with E-state index in [0.717, 1.165) is 37.0 Å². The van der Waals surface area contributed by atoms with Gasteiger partial charge in [-0.1, -0.05) is 57.0 Å². The van der Waals surface area contributed by atoms with Crippen molar-refractivity contribution in [2.24, 2.45) is 0 Å². The Morgan fingerprint density at radius 3 is 1.83 bits per heavy atom. The molecule has 134 valence electrons. The van der Waals surface area contributed by atoms with Gasteiger partial charge in [-0.15, -0.1) is 0 Å². The molecule has 0 bridgehead atoms. The Hall–Kier alpha value is -1.76. The lowest BCUT2D eigenvalue weighted by Crippen LogP contribution is -2.05. The molecule has 0 atom stereocenters. The molecule has 24 heavy (non-hydrogen) atoms. The molecule has 0 spiro atoms. The molecule has 0 fully saturated rings. The first-order chi connectivity index (χ1) is 11.0. The molecule has 0 aromatic heterocycles. The van der Waals surface area contributed by atoms with Gasteiger partial charge in [0.25, 0.3) is 0 Å². The quantitative estimate of drug-likeness (QED) is 0.468. The van der Waals surface area contributed by atoms with E-state index in [0.29, 0.717) is 12.1 Å². The van der Waals surface area contributed by atoms with Gasteiger partial charge >= 0.3 is 10.2 Å². The Kier molecular flexibility index (Phi) is 4.61. The SMILES string of the molecule is CCCCc1ccc(COc2ccc(S(F)(F)(F)(F)F)cc2)cc1. The van der Waals surface area contributed by atoms with Crippen LogP contribution in [0.2, 0.25) is 0 Å². The Morgan fingerprint density at radius 2 is 1.33 bits per heavy atom. The fourth-order valence-corrected chi connectivity index (χ4v) is 2.79. The van der Waals surface area contributed by atoms with Crippen LogP contribution in [0.1, 0.15) is 30.9 Å². The minimum Gasteiger partial charge on any atom is -0.489 e. The molecule has 0 saturated carbocycles. The second-order valence-electron chi connectivity index (χ2n) is 5.65. The normalized spacial score (nSPS) is 14.8. The molecule has 0 amide bonds. The first-order valence-corrected chi connectivity index (χ1v) is 9.48. The summed E-state index contributed by atoms with van der Waals surface area (Å²) in [5, 5.41) is 0. The lowest BCUT2D eigenvalue weighted by Gasteiger charge is -2.40. The highest BCUT2D eigenvalue weighted by Gasteiger charge is 2.65. The second kappa shape index (κ2) is 5.95. The van der Waals surface area contributed by atoms with Crippen LogP contribution in [0.15, 0.2) is 53.4 Å². The minimum absolute atomic E-state index is 0.107. The van der Waals surface area contributed by atoms with Crippen LogP contribution in [0.4, 0.5) is 19.4 Å². The van der Waals surface area contributed by atoms with Gasteiger partial charge in [0.15, 0.2) is 0 Å². The van der Waals surface area contributed by atoms with Crippen molar-refractivity contribution < 1.29 is 24.2 Å².